The van der Waals surface area contributed by atoms with E-state index in [0.717, 1.165) is 50.6 Å². The summed E-state index contributed by atoms with van der Waals surface area (Å²) in [6.07, 6.45) is 27.5. The molecule has 0 fully saturated rings. The van der Waals surface area contributed by atoms with Gasteiger partial charge in [-0.25, -0.2) is 0 Å². The van der Waals surface area contributed by atoms with Crippen LogP contribution in [0.2, 0.25) is 0 Å². The number of hydrogen-bond acceptors (Lipinski definition) is 2. The van der Waals surface area contributed by atoms with Crippen LogP contribution < -0.4 is 9.80 Å². The van der Waals surface area contributed by atoms with Gasteiger partial charge in [0, 0.05) is 33.9 Å². The Morgan fingerprint density at radius 2 is 1.30 bits per heavy atom. The van der Waals surface area contributed by atoms with Crippen molar-refractivity contribution < 1.29 is 0 Å². The Morgan fingerprint density at radius 1 is 0.675 bits per heavy atom. The molecule has 0 aliphatic heterocycles. The third kappa shape index (κ3) is 5.02. The van der Waals surface area contributed by atoms with E-state index in [1.165, 1.54) is 45.0 Å². The van der Waals surface area contributed by atoms with Crippen molar-refractivity contribution in [3.05, 3.63) is 144 Å². The predicted molar refractivity (Wildman–Crippen MR) is 174 cm³/mol. The minimum Gasteiger partial charge on any atom is -0.334 e. The van der Waals surface area contributed by atoms with Crippen molar-refractivity contribution >= 4 is 34.9 Å². The van der Waals surface area contributed by atoms with E-state index in [1.807, 2.05) is 12.2 Å². The molecule has 0 spiro atoms. The summed E-state index contributed by atoms with van der Waals surface area (Å²) in [5.74, 6) is 0. The second-order valence-corrected chi connectivity index (χ2v) is 10.7. The average Bonchev–Trinajstić information content (AvgIpc) is 3.02. The van der Waals surface area contributed by atoms with Gasteiger partial charge in [-0.05, 0) is 98.5 Å². The SMILES string of the molecule is C=CCC(C=C)N(c1ccc(N(C2=CCCC=C2)c2cccc3c2C=CCC3)cc1)c1cccc2c1C=CCC2. The number of anilines is 4. The maximum absolute atomic E-state index is 4.21. The zero-order chi connectivity index (χ0) is 27.3. The van der Waals surface area contributed by atoms with Crippen LogP contribution in [0.5, 0.6) is 0 Å². The maximum Gasteiger partial charge on any atom is 0.0554 e. The number of rotatable bonds is 9. The smallest absolute Gasteiger partial charge is 0.0554 e. The first-order valence-electron chi connectivity index (χ1n) is 14.6. The highest BCUT2D eigenvalue weighted by Crippen LogP contribution is 2.41. The highest BCUT2D eigenvalue weighted by atomic mass is 15.2. The van der Waals surface area contributed by atoms with Gasteiger partial charge in [0.1, 0.15) is 0 Å². The summed E-state index contributed by atoms with van der Waals surface area (Å²) in [6, 6.07) is 22.6. The lowest BCUT2D eigenvalue weighted by Crippen LogP contribution is -2.30. The Kier molecular flexibility index (Phi) is 7.68. The molecular formula is C38H38N2. The van der Waals surface area contributed by atoms with E-state index < -0.39 is 0 Å². The summed E-state index contributed by atoms with van der Waals surface area (Å²) in [4.78, 5) is 4.87. The Labute approximate surface area is 239 Å². The fourth-order valence-electron chi connectivity index (χ4n) is 6.25. The zero-order valence-corrected chi connectivity index (χ0v) is 23.3. The molecule has 0 saturated carbocycles. The van der Waals surface area contributed by atoms with Gasteiger partial charge in [-0.15, -0.1) is 13.2 Å². The van der Waals surface area contributed by atoms with Gasteiger partial charge >= 0.3 is 0 Å². The molecule has 3 aromatic carbocycles. The quantitative estimate of drug-likeness (QED) is 0.258. The summed E-state index contributed by atoms with van der Waals surface area (Å²) in [5, 5.41) is 0. The van der Waals surface area contributed by atoms with E-state index in [-0.39, 0.29) is 6.04 Å². The highest BCUT2D eigenvalue weighted by Gasteiger charge is 2.23. The zero-order valence-electron chi connectivity index (χ0n) is 23.3. The fraction of sp³-hybridized carbons (Fsp3) is 0.211. The third-order valence-electron chi connectivity index (χ3n) is 8.21. The monoisotopic (exact) mass is 522 g/mol. The first-order valence-corrected chi connectivity index (χ1v) is 14.6. The van der Waals surface area contributed by atoms with Crippen molar-refractivity contribution in [1.82, 2.24) is 0 Å². The molecule has 0 radical (unpaired) electrons. The standard InChI is InChI=1S/C38H38N2/c1-3-14-31(4-2)39(37-23-12-17-29-15-8-10-21-35(29)37)33-25-27-34(28-26-33)40(32-19-6-5-7-20-32)38-24-13-18-30-16-9-11-22-36(30)38/h3-4,6,10-13,17-28,31H,1-2,5,7-9,14-16H2. The fourth-order valence-corrected chi connectivity index (χ4v) is 6.25. The lowest BCUT2D eigenvalue weighted by atomic mass is 9.94. The van der Waals surface area contributed by atoms with Gasteiger partial charge in [-0.1, -0.05) is 72.9 Å². The van der Waals surface area contributed by atoms with Gasteiger partial charge in [0.2, 0.25) is 0 Å². The molecule has 0 amide bonds. The molecule has 1 atom stereocenters. The molecule has 0 N–H and O–H groups in total. The molecule has 200 valence electrons. The van der Waals surface area contributed by atoms with E-state index >= 15 is 0 Å². The molecule has 0 aromatic heterocycles. The lowest BCUT2D eigenvalue weighted by molar-refractivity contribution is 0.792. The molecule has 0 heterocycles. The van der Waals surface area contributed by atoms with E-state index in [1.54, 1.807) is 0 Å². The largest absolute Gasteiger partial charge is 0.334 e. The van der Waals surface area contributed by atoms with Crippen molar-refractivity contribution in [1.29, 1.82) is 0 Å². The summed E-state index contributed by atoms with van der Waals surface area (Å²) in [6.45, 7) is 8.26. The molecule has 6 rings (SSSR count). The van der Waals surface area contributed by atoms with Crippen molar-refractivity contribution in [3.63, 3.8) is 0 Å². The third-order valence-corrected chi connectivity index (χ3v) is 8.21. The van der Waals surface area contributed by atoms with E-state index in [2.05, 4.69) is 126 Å². The van der Waals surface area contributed by atoms with E-state index in [0.29, 0.717) is 0 Å². The molecule has 3 aromatic rings. The first-order chi connectivity index (χ1) is 19.8. The Morgan fingerprint density at radius 3 is 1.93 bits per heavy atom. The lowest BCUT2D eigenvalue weighted by Gasteiger charge is -2.35. The van der Waals surface area contributed by atoms with Gasteiger partial charge in [0.15, 0.2) is 0 Å². The van der Waals surface area contributed by atoms with Crippen LogP contribution in [0.25, 0.3) is 12.2 Å². The van der Waals surface area contributed by atoms with Crippen LogP contribution >= 0.6 is 0 Å². The van der Waals surface area contributed by atoms with Gasteiger partial charge < -0.3 is 9.80 Å². The van der Waals surface area contributed by atoms with Gasteiger partial charge in [-0.3, -0.25) is 0 Å². The van der Waals surface area contributed by atoms with Crippen LogP contribution in [0.4, 0.5) is 22.7 Å². The number of hydrogen-bond donors (Lipinski definition) is 0. The molecule has 40 heavy (non-hydrogen) atoms. The highest BCUT2D eigenvalue weighted by molar-refractivity contribution is 5.82. The molecule has 0 saturated heterocycles. The van der Waals surface area contributed by atoms with Crippen molar-refractivity contribution in [3.8, 4) is 0 Å². The second kappa shape index (κ2) is 11.8. The van der Waals surface area contributed by atoms with Crippen molar-refractivity contribution in [2.24, 2.45) is 0 Å². The van der Waals surface area contributed by atoms with Crippen LogP contribution in [-0.4, -0.2) is 6.04 Å². The summed E-state index contributed by atoms with van der Waals surface area (Å²) in [7, 11) is 0. The first kappa shape index (κ1) is 26.0. The minimum absolute atomic E-state index is 0.108. The van der Waals surface area contributed by atoms with Gasteiger partial charge in [0.25, 0.3) is 0 Å². The van der Waals surface area contributed by atoms with Crippen LogP contribution in [0.15, 0.2) is 122 Å². The number of benzene rings is 3. The molecule has 2 nitrogen and oxygen atoms in total. The number of allylic oxidation sites excluding steroid dienone is 5. The van der Waals surface area contributed by atoms with E-state index in [4.69, 9.17) is 0 Å². The molecule has 3 aliphatic carbocycles. The summed E-state index contributed by atoms with van der Waals surface area (Å²) >= 11 is 0. The van der Waals surface area contributed by atoms with E-state index in [9.17, 15) is 0 Å². The molecule has 1 unspecified atom stereocenters. The summed E-state index contributed by atoms with van der Waals surface area (Å²) in [5.41, 5.74) is 11.5. The number of fused-ring (bicyclic) bond motifs is 2. The van der Waals surface area contributed by atoms with Crippen LogP contribution in [0.3, 0.4) is 0 Å². The Bertz CT molecular complexity index is 1520. The van der Waals surface area contributed by atoms with Crippen LogP contribution in [-0.2, 0) is 12.8 Å². The molecule has 2 heteroatoms. The molecular weight excluding hydrogens is 484 g/mol. The predicted octanol–water partition coefficient (Wildman–Crippen LogP) is 10.2. The minimum atomic E-state index is 0.108. The average molecular weight is 523 g/mol. The van der Waals surface area contributed by atoms with Crippen LogP contribution in [0.1, 0.15) is 54.4 Å². The van der Waals surface area contributed by atoms with Gasteiger partial charge in [-0.2, -0.15) is 0 Å². The Hall–Kier alpha value is -4.30. The molecule has 3 aliphatic rings. The van der Waals surface area contributed by atoms with Crippen molar-refractivity contribution in [2.45, 2.75) is 51.0 Å². The maximum atomic E-state index is 4.21. The topological polar surface area (TPSA) is 6.48 Å². The Balaban J connectivity index is 1.45. The number of aryl methyl sites for hydroxylation is 2. The van der Waals surface area contributed by atoms with Gasteiger partial charge in [0.05, 0.1) is 11.7 Å². The van der Waals surface area contributed by atoms with Crippen molar-refractivity contribution in [2.75, 3.05) is 9.80 Å². The normalized spacial score (nSPS) is 15.9. The number of nitrogens with zero attached hydrogens (tertiary/aromatic N) is 2. The van der Waals surface area contributed by atoms with Crippen LogP contribution in [0, 0.1) is 0 Å². The molecule has 0 bridgehead atoms. The summed E-state index contributed by atoms with van der Waals surface area (Å²) < 4.78 is 0. The second-order valence-electron chi connectivity index (χ2n) is 10.7.